The molecule has 0 amide bonds. The highest BCUT2D eigenvalue weighted by Crippen LogP contribution is 2.14. The summed E-state index contributed by atoms with van der Waals surface area (Å²) in [5.74, 6) is 6.66. The van der Waals surface area contributed by atoms with Crippen molar-refractivity contribution < 1.29 is 9.47 Å². The summed E-state index contributed by atoms with van der Waals surface area (Å²) in [7, 11) is 0. The number of unbranched alkanes of at least 4 members (excludes halogenated alkanes) is 11. The predicted octanol–water partition coefficient (Wildman–Crippen LogP) is 6.79. The number of hydrogen-bond donors (Lipinski definition) is 0. The van der Waals surface area contributed by atoms with Crippen molar-refractivity contribution >= 4 is 0 Å². The van der Waals surface area contributed by atoms with Crippen LogP contribution >= 0.6 is 0 Å². The van der Waals surface area contributed by atoms with E-state index in [4.69, 9.17) is 9.47 Å². The van der Waals surface area contributed by atoms with Crippen LogP contribution in [0.25, 0.3) is 0 Å². The van der Waals surface area contributed by atoms with Gasteiger partial charge in [-0.1, -0.05) is 44.6 Å². The average Bonchev–Trinajstić information content (AvgIpc) is 2.65. The number of rotatable bonds is 15. The zero-order valence-corrected chi connectivity index (χ0v) is 16.4. The standard InChI is InChI=1S/C23H40O2/c1-2-3-4-5-6-7-8-9-10-11-12-13-14-15-16-18-21-24-23-20-17-19-22-25-23/h2,23H,1,3-8,11-22H2. The summed E-state index contributed by atoms with van der Waals surface area (Å²) in [6.07, 6.45) is 21.8. The lowest BCUT2D eigenvalue weighted by atomic mass is 10.1. The van der Waals surface area contributed by atoms with Gasteiger partial charge in [0.1, 0.15) is 0 Å². The Morgan fingerprint density at radius 3 is 2.12 bits per heavy atom. The molecular formula is C23H40O2. The summed E-state index contributed by atoms with van der Waals surface area (Å²) >= 11 is 0. The van der Waals surface area contributed by atoms with Crippen LogP contribution in [0.15, 0.2) is 12.7 Å². The Hall–Kier alpha value is -0.780. The quantitative estimate of drug-likeness (QED) is 0.184. The Morgan fingerprint density at radius 2 is 1.48 bits per heavy atom. The second-order valence-corrected chi connectivity index (χ2v) is 7.13. The van der Waals surface area contributed by atoms with Gasteiger partial charge in [0.15, 0.2) is 6.29 Å². The highest BCUT2D eigenvalue weighted by Gasteiger charge is 2.13. The topological polar surface area (TPSA) is 18.5 Å². The van der Waals surface area contributed by atoms with Crippen molar-refractivity contribution in [1.29, 1.82) is 0 Å². The Labute approximate surface area is 156 Å². The molecule has 0 saturated carbocycles. The normalized spacial score (nSPS) is 17.0. The molecule has 25 heavy (non-hydrogen) atoms. The van der Waals surface area contributed by atoms with Crippen LogP contribution in [-0.2, 0) is 9.47 Å². The summed E-state index contributed by atoms with van der Waals surface area (Å²) in [5, 5.41) is 0. The van der Waals surface area contributed by atoms with E-state index in [1.54, 1.807) is 0 Å². The first-order valence-corrected chi connectivity index (χ1v) is 10.7. The van der Waals surface area contributed by atoms with Crippen LogP contribution in [0.3, 0.4) is 0 Å². The fourth-order valence-electron chi connectivity index (χ4n) is 3.11. The van der Waals surface area contributed by atoms with Gasteiger partial charge in [0.05, 0.1) is 0 Å². The van der Waals surface area contributed by atoms with Gasteiger partial charge in [0, 0.05) is 26.1 Å². The van der Waals surface area contributed by atoms with Crippen LogP contribution in [0.5, 0.6) is 0 Å². The van der Waals surface area contributed by atoms with Gasteiger partial charge in [-0.25, -0.2) is 0 Å². The molecule has 0 N–H and O–H groups in total. The Bertz CT molecular complexity index is 347. The first-order chi connectivity index (χ1) is 12.4. The minimum absolute atomic E-state index is 0.0828. The van der Waals surface area contributed by atoms with E-state index in [0.717, 1.165) is 38.9 Å². The molecule has 1 atom stereocenters. The van der Waals surface area contributed by atoms with Gasteiger partial charge in [-0.05, 0) is 51.4 Å². The smallest absolute Gasteiger partial charge is 0.157 e. The molecule has 1 aliphatic rings. The molecule has 0 aliphatic carbocycles. The molecular weight excluding hydrogens is 308 g/mol. The Kier molecular flexibility index (Phi) is 16.0. The number of ether oxygens (including phenoxy) is 2. The van der Waals surface area contributed by atoms with Gasteiger partial charge in [-0.2, -0.15) is 0 Å². The third kappa shape index (κ3) is 15.2. The minimum Gasteiger partial charge on any atom is -0.353 e. The lowest BCUT2D eigenvalue weighted by Gasteiger charge is -2.22. The van der Waals surface area contributed by atoms with Crippen molar-refractivity contribution in [2.45, 2.75) is 109 Å². The van der Waals surface area contributed by atoms with E-state index in [9.17, 15) is 0 Å². The second-order valence-electron chi connectivity index (χ2n) is 7.13. The number of hydrogen-bond acceptors (Lipinski definition) is 2. The van der Waals surface area contributed by atoms with E-state index in [-0.39, 0.29) is 6.29 Å². The molecule has 1 aliphatic heterocycles. The van der Waals surface area contributed by atoms with Crippen molar-refractivity contribution in [2.24, 2.45) is 0 Å². The van der Waals surface area contributed by atoms with Crippen molar-refractivity contribution in [2.75, 3.05) is 13.2 Å². The van der Waals surface area contributed by atoms with E-state index in [1.807, 2.05) is 6.08 Å². The third-order valence-electron chi connectivity index (χ3n) is 4.72. The van der Waals surface area contributed by atoms with Crippen LogP contribution in [0.2, 0.25) is 0 Å². The number of allylic oxidation sites excluding steroid dienone is 1. The fourth-order valence-corrected chi connectivity index (χ4v) is 3.11. The molecule has 1 fully saturated rings. The van der Waals surface area contributed by atoms with Crippen molar-refractivity contribution in [3.63, 3.8) is 0 Å². The molecule has 144 valence electrons. The van der Waals surface area contributed by atoms with Crippen molar-refractivity contribution in [3.8, 4) is 11.8 Å². The zero-order valence-electron chi connectivity index (χ0n) is 16.4. The molecule has 1 unspecified atom stereocenters. The summed E-state index contributed by atoms with van der Waals surface area (Å²) < 4.78 is 11.3. The first kappa shape index (κ1) is 22.3. The van der Waals surface area contributed by atoms with Gasteiger partial charge in [-0.15, -0.1) is 18.4 Å². The summed E-state index contributed by atoms with van der Waals surface area (Å²) in [5.41, 5.74) is 0. The van der Waals surface area contributed by atoms with Crippen LogP contribution in [0, 0.1) is 11.8 Å². The molecule has 0 bridgehead atoms. The predicted molar refractivity (Wildman–Crippen MR) is 108 cm³/mol. The molecule has 1 saturated heterocycles. The SMILES string of the molecule is C=CCCCCCCC#CCCCCCCCCOC1CCCCO1. The van der Waals surface area contributed by atoms with Crippen LogP contribution < -0.4 is 0 Å². The van der Waals surface area contributed by atoms with Crippen LogP contribution in [0.1, 0.15) is 103 Å². The molecule has 1 heterocycles. The molecule has 2 heteroatoms. The maximum absolute atomic E-state index is 5.76. The molecule has 0 spiro atoms. The average molecular weight is 349 g/mol. The highest BCUT2D eigenvalue weighted by molar-refractivity contribution is 4.98. The largest absolute Gasteiger partial charge is 0.353 e. The van der Waals surface area contributed by atoms with E-state index in [1.165, 1.54) is 77.0 Å². The summed E-state index contributed by atoms with van der Waals surface area (Å²) in [6.45, 7) is 5.50. The third-order valence-corrected chi connectivity index (χ3v) is 4.72. The first-order valence-electron chi connectivity index (χ1n) is 10.7. The van der Waals surface area contributed by atoms with Gasteiger partial charge in [0.2, 0.25) is 0 Å². The molecule has 0 aromatic rings. The second kappa shape index (κ2) is 18.0. The van der Waals surface area contributed by atoms with Gasteiger partial charge < -0.3 is 9.47 Å². The lowest BCUT2D eigenvalue weighted by Crippen LogP contribution is -2.22. The highest BCUT2D eigenvalue weighted by atomic mass is 16.7. The summed E-state index contributed by atoms with van der Waals surface area (Å²) in [4.78, 5) is 0. The van der Waals surface area contributed by atoms with E-state index < -0.39 is 0 Å². The Balaban J connectivity index is 1.73. The maximum atomic E-state index is 5.76. The van der Waals surface area contributed by atoms with E-state index in [0.29, 0.717) is 0 Å². The maximum Gasteiger partial charge on any atom is 0.157 e. The van der Waals surface area contributed by atoms with E-state index >= 15 is 0 Å². The van der Waals surface area contributed by atoms with Crippen LogP contribution in [-0.4, -0.2) is 19.5 Å². The van der Waals surface area contributed by atoms with Crippen LogP contribution in [0.4, 0.5) is 0 Å². The molecule has 1 rings (SSSR count). The molecule has 0 aromatic heterocycles. The minimum atomic E-state index is 0.0828. The van der Waals surface area contributed by atoms with Gasteiger partial charge in [-0.3, -0.25) is 0 Å². The zero-order chi connectivity index (χ0) is 17.8. The monoisotopic (exact) mass is 348 g/mol. The fraction of sp³-hybridized carbons (Fsp3) is 0.826. The van der Waals surface area contributed by atoms with E-state index in [2.05, 4.69) is 18.4 Å². The molecule has 2 nitrogen and oxygen atoms in total. The Morgan fingerprint density at radius 1 is 0.840 bits per heavy atom. The molecule has 0 aromatic carbocycles. The lowest BCUT2D eigenvalue weighted by molar-refractivity contribution is -0.162. The van der Waals surface area contributed by atoms with Gasteiger partial charge >= 0.3 is 0 Å². The summed E-state index contributed by atoms with van der Waals surface area (Å²) in [6, 6.07) is 0. The molecule has 0 radical (unpaired) electrons. The van der Waals surface area contributed by atoms with Crippen molar-refractivity contribution in [1.82, 2.24) is 0 Å². The van der Waals surface area contributed by atoms with Crippen molar-refractivity contribution in [3.05, 3.63) is 12.7 Å². The van der Waals surface area contributed by atoms with Gasteiger partial charge in [0.25, 0.3) is 0 Å².